The van der Waals surface area contributed by atoms with Crippen molar-refractivity contribution in [1.82, 2.24) is 0 Å². The summed E-state index contributed by atoms with van der Waals surface area (Å²) in [6.45, 7) is 3.51. The summed E-state index contributed by atoms with van der Waals surface area (Å²) in [5.74, 6) is -0.281. The van der Waals surface area contributed by atoms with Gasteiger partial charge in [-0.1, -0.05) is 0 Å². The number of amides is 1. The zero-order valence-corrected chi connectivity index (χ0v) is 23.8. The van der Waals surface area contributed by atoms with Crippen LogP contribution in [-0.4, -0.2) is 31.8 Å². The molecule has 4 aromatic carbocycles. The molecule has 4 aromatic rings. The fraction of sp³-hybridized carbons (Fsp3) is 0.0741. The molecule has 1 amide bonds. The van der Waals surface area contributed by atoms with Crippen LogP contribution in [0.3, 0.4) is 0 Å². The van der Waals surface area contributed by atoms with Crippen molar-refractivity contribution in [3.63, 3.8) is 0 Å². The molecule has 15 heteroatoms. The number of nitrogens with one attached hydrogen (secondary N) is 1. The number of anilines is 2. The highest BCUT2D eigenvalue weighted by molar-refractivity contribution is 7.86. The third-order valence-corrected chi connectivity index (χ3v) is 7.60. The van der Waals surface area contributed by atoms with Crippen LogP contribution < -0.4 is 11.1 Å². The minimum absolute atomic E-state index is 0.281. The van der Waals surface area contributed by atoms with Crippen LogP contribution in [0.1, 0.15) is 21.5 Å². The van der Waals surface area contributed by atoms with E-state index in [0.29, 0.717) is 39.6 Å². The van der Waals surface area contributed by atoms with Crippen molar-refractivity contribution < 1.29 is 30.7 Å². The van der Waals surface area contributed by atoms with Crippen LogP contribution in [-0.2, 0) is 20.2 Å². The number of benzene rings is 4. The van der Waals surface area contributed by atoms with Crippen molar-refractivity contribution >= 4 is 60.3 Å². The van der Waals surface area contributed by atoms with E-state index in [1.807, 2.05) is 6.92 Å². The molecule has 0 radical (unpaired) electrons. The zero-order valence-electron chi connectivity index (χ0n) is 22.1. The van der Waals surface area contributed by atoms with Gasteiger partial charge in [0.1, 0.15) is 10.6 Å². The third-order valence-electron chi connectivity index (χ3n) is 5.85. The molecule has 0 spiro atoms. The zero-order chi connectivity index (χ0) is 30.7. The van der Waals surface area contributed by atoms with Gasteiger partial charge in [0, 0.05) is 16.9 Å². The summed E-state index contributed by atoms with van der Waals surface area (Å²) in [5, 5.41) is 19.1. The van der Waals surface area contributed by atoms with Crippen LogP contribution in [0, 0.1) is 13.8 Å². The largest absolute Gasteiger partial charge is 0.399 e. The molecule has 4 rings (SSSR count). The van der Waals surface area contributed by atoms with Crippen molar-refractivity contribution in [1.29, 1.82) is 0 Å². The first-order valence-electron chi connectivity index (χ1n) is 12.0. The lowest BCUT2D eigenvalue weighted by Crippen LogP contribution is -2.11. The number of nitrogen functional groups attached to an aromatic ring is 1. The Bertz CT molecular complexity index is 1960. The first-order chi connectivity index (χ1) is 19.7. The number of nitrogens with two attached hydrogens (primary N) is 1. The molecule has 13 nitrogen and oxygen atoms in total. The summed E-state index contributed by atoms with van der Waals surface area (Å²) in [6.07, 6.45) is 0. The Kier molecular flexibility index (Phi) is 8.58. The van der Waals surface area contributed by atoms with Crippen molar-refractivity contribution in [3.05, 3.63) is 95.6 Å². The standard InChI is InChI=1S/C27H24N6O7S2/c1-16-13-20(29-27(34)18-3-5-19(28)6-4-18)7-10-23(16)31-30-21-8-11-24(17(2)14-21)32-33-25-15-22(41(35,36)37)9-12-26(25)42(38,39)40/h3-15H,28H2,1-2H3,(H,29,34)(H,35,36,37)(H,38,39,40). The predicted molar refractivity (Wildman–Crippen MR) is 156 cm³/mol. The Hall–Kier alpha value is -4.83. The molecule has 0 saturated carbocycles. The molecule has 5 N–H and O–H groups in total. The SMILES string of the molecule is Cc1cc(NC(=O)c2ccc(N)cc2)ccc1N=Nc1ccc(N=Nc2cc(S(=O)(=O)O)ccc2S(=O)(=O)O)c(C)c1. The number of rotatable bonds is 8. The van der Waals surface area contributed by atoms with E-state index < -0.39 is 35.7 Å². The van der Waals surface area contributed by atoms with E-state index in [2.05, 4.69) is 25.8 Å². The summed E-state index contributed by atoms with van der Waals surface area (Å²) < 4.78 is 65.0. The number of nitrogens with zero attached hydrogens (tertiary/aromatic N) is 4. The van der Waals surface area contributed by atoms with Crippen LogP contribution in [0.15, 0.2) is 109 Å². The maximum atomic E-state index is 12.5. The normalized spacial score (nSPS) is 12.2. The summed E-state index contributed by atoms with van der Waals surface area (Å²) in [4.78, 5) is 11.1. The smallest absolute Gasteiger partial charge is 0.296 e. The maximum Gasteiger partial charge on any atom is 0.296 e. The lowest BCUT2D eigenvalue weighted by Gasteiger charge is -2.08. The van der Waals surface area contributed by atoms with Crippen LogP contribution in [0.25, 0.3) is 0 Å². The number of azo groups is 2. The fourth-order valence-corrected chi connectivity index (χ4v) is 4.78. The van der Waals surface area contributed by atoms with Gasteiger partial charge in [-0.15, -0.1) is 5.11 Å². The van der Waals surface area contributed by atoms with E-state index in [-0.39, 0.29) is 5.91 Å². The molecule has 0 fully saturated rings. The molecule has 0 aliphatic heterocycles. The Morgan fingerprint density at radius 3 is 1.88 bits per heavy atom. The third kappa shape index (κ3) is 7.46. The first-order valence-corrected chi connectivity index (χ1v) is 14.9. The van der Waals surface area contributed by atoms with Crippen molar-refractivity contribution in [3.8, 4) is 0 Å². The molecule has 0 aromatic heterocycles. The monoisotopic (exact) mass is 608 g/mol. The van der Waals surface area contributed by atoms with E-state index in [1.54, 1.807) is 61.5 Å². The van der Waals surface area contributed by atoms with Crippen LogP contribution in [0.2, 0.25) is 0 Å². The molecule has 0 aliphatic rings. The molecular weight excluding hydrogens is 584 g/mol. The van der Waals surface area contributed by atoms with Gasteiger partial charge in [-0.3, -0.25) is 13.9 Å². The number of hydrogen-bond donors (Lipinski definition) is 4. The van der Waals surface area contributed by atoms with Gasteiger partial charge in [-0.2, -0.15) is 32.2 Å². The van der Waals surface area contributed by atoms with Crippen LogP contribution >= 0.6 is 0 Å². The van der Waals surface area contributed by atoms with Gasteiger partial charge in [0.05, 0.1) is 22.0 Å². The number of carbonyl (C=O) groups is 1. The Morgan fingerprint density at radius 2 is 1.29 bits per heavy atom. The summed E-state index contributed by atoms with van der Waals surface area (Å²) in [5.41, 5.74) is 9.46. The highest BCUT2D eigenvalue weighted by Crippen LogP contribution is 2.32. The minimum Gasteiger partial charge on any atom is -0.399 e. The minimum atomic E-state index is -4.76. The molecule has 0 bridgehead atoms. The van der Waals surface area contributed by atoms with E-state index in [1.165, 1.54) is 6.07 Å². The molecule has 216 valence electrons. The second-order valence-corrected chi connectivity index (χ2v) is 11.8. The van der Waals surface area contributed by atoms with Gasteiger partial charge in [0.2, 0.25) is 0 Å². The van der Waals surface area contributed by atoms with Gasteiger partial charge in [-0.05, 0) is 104 Å². The molecule has 0 atom stereocenters. The predicted octanol–water partition coefficient (Wildman–Crippen LogP) is 6.46. The first kappa shape index (κ1) is 30.1. The van der Waals surface area contributed by atoms with E-state index in [9.17, 15) is 30.7 Å². The summed E-state index contributed by atoms with van der Waals surface area (Å²) in [6, 6.07) is 18.9. The van der Waals surface area contributed by atoms with Gasteiger partial charge >= 0.3 is 0 Å². The second kappa shape index (κ2) is 12.0. The Balaban J connectivity index is 1.51. The second-order valence-electron chi connectivity index (χ2n) is 9.03. The highest BCUT2D eigenvalue weighted by atomic mass is 32.2. The van der Waals surface area contributed by atoms with Crippen LogP contribution in [0.5, 0.6) is 0 Å². The summed E-state index contributed by atoms with van der Waals surface area (Å²) >= 11 is 0. The number of carbonyl (C=O) groups excluding carboxylic acids is 1. The lowest BCUT2D eigenvalue weighted by molar-refractivity contribution is 0.102. The molecule has 0 aliphatic carbocycles. The lowest BCUT2D eigenvalue weighted by atomic mass is 10.1. The van der Waals surface area contributed by atoms with E-state index in [0.717, 1.165) is 23.8 Å². The average molecular weight is 609 g/mol. The average Bonchev–Trinajstić information content (AvgIpc) is 2.91. The fourth-order valence-electron chi connectivity index (χ4n) is 3.67. The Morgan fingerprint density at radius 1 is 0.690 bits per heavy atom. The van der Waals surface area contributed by atoms with Gasteiger partial charge in [-0.25, -0.2) is 0 Å². The molecular formula is C27H24N6O7S2. The van der Waals surface area contributed by atoms with Crippen LogP contribution in [0.4, 0.5) is 34.1 Å². The topological polar surface area (TPSA) is 213 Å². The van der Waals surface area contributed by atoms with E-state index in [4.69, 9.17) is 5.73 Å². The van der Waals surface area contributed by atoms with Crippen molar-refractivity contribution in [2.24, 2.45) is 20.5 Å². The Labute approximate surface area is 241 Å². The molecule has 0 unspecified atom stereocenters. The summed E-state index contributed by atoms with van der Waals surface area (Å²) in [7, 11) is -9.42. The van der Waals surface area contributed by atoms with Gasteiger partial charge in [0.25, 0.3) is 26.1 Å². The highest BCUT2D eigenvalue weighted by Gasteiger charge is 2.20. The van der Waals surface area contributed by atoms with Crippen molar-refractivity contribution in [2.45, 2.75) is 23.6 Å². The maximum absolute atomic E-state index is 12.5. The van der Waals surface area contributed by atoms with Crippen molar-refractivity contribution in [2.75, 3.05) is 11.1 Å². The molecule has 0 saturated heterocycles. The van der Waals surface area contributed by atoms with E-state index >= 15 is 0 Å². The molecule has 0 heterocycles. The quantitative estimate of drug-likeness (QED) is 0.0986. The van der Waals surface area contributed by atoms with Gasteiger partial charge in [0.15, 0.2) is 0 Å². The molecule has 42 heavy (non-hydrogen) atoms. The number of aryl methyl sites for hydroxylation is 2. The number of hydrogen-bond acceptors (Lipinski definition) is 10. The van der Waals surface area contributed by atoms with Gasteiger partial charge < -0.3 is 11.1 Å².